The third-order valence-corrected chi connectivity index (χ3v) is 8.64. The van der Waals surface area contributed by atoms with Crippen LogP contribution in [-0.2, 0) is 6.18 Å². The summed E-state index contributed by atoms with van der Waals surface area (Å²) >= 11 is 0. The molecule has 12 heteroatoms. The second-order valence-electron chi connectivity index (χ2n) is 13.1. The lowest BCUT2D eigenvalue weighted by molar-refractivity contribution is -0.137. The fourth-order valence-corrected chi connectivity index (χ4v) is 5.52. The summed E-state index contributed by atoms with van der Waals surface area (Å²) in [6.45, 7) is 5.95. The summed E-state index contributed by atoms with van der Waals surface area (Å²) in [5.41, 5.74) is 12.7. The van der Waals surface area contributed by atoms with Gasteiger partial charge >= 0.3 is 6.18 Å². The van der Waals surface area contributed by atoms with Gasteiger partial charge in [0.1, 0.15) is 28.8 Å². The Morgan fingerprint density at radius 2 is 1.23 bits per heavy atom. The first-order chi connectivity index (χ1) is 27.8. The summed E-state index contributed by atoms with van der Waals surface area (Å²) in [5, 5.41) is 25.6. The quantitative estimate of drug-likeness (QED) is 0.125. The molecular weight excluding hydrogens is 766 g/mol. The van der Waals surface area contributed by atoms with E-state index in [1.807, 2.05) is 86.8 Å². The fourth-order valence-electron chi connectivity index (χ4n) is 5.52. The van der Waals surface area contributed by atoms with Gasteiger partial charge in [0.05, 0.1) is 35.4 Å². The number of nitrogens with two attached hydrogens (primary N) is 1. The lowest BCUT2D eigenvalue weighted by Crippen LogP contribution is -2.13. The zero-order chi connectivity index (χ0) is 41.7. The van der Waals surface area contributed by atoms with Crippen LogP contribution in [0.2, 0.25) is 0 Å². The minimum atomic E-state index is -4.33. The van der Waals surface area contributed by atoms with Gasteiger partial charge in [-0.3, -0.25) is 24.7 Å². The normalized spacial score (nSPS) is 10.8. The number of nitrogens with zero attached hydrogens (tertiary/aromatic N) is 4. The molecule has 4 heterocycles. The molecule has 8 rings (SSSR count). The maximum absolute atomic E-state index is 11.9. The van der Waals surface area contributed by atoms with Crippen molar-refractivity contribution in [3.63, 3.8) is 0 Å². The van der Waals surface area contributed by atoms with Crippen molar-refractivity contribution < 1.29 is 28.2 Å². The third kappa shape index (κ3) is 13.1. The molecule has 0 aliphatic rings. The number of nitrogen functional groups attached to an aromatic ring is 1. The molecule has 8 aromatic rings. The van der Waals surface area contributed by atoms with Crippen molar-refractivity contribution >= 4 is 39.5 Å². The molecule has 9 nitrogen and oxygen atoms in total. The molecule has 0 spiro atoms. The first kappa shape index (κ1) is 47.0. The number of aromatic nitrogens is 4. The molecule has 0 aliphatic heterocycles. The van der Waals surface area contributed by atoms with Crippen LogP contribution in [0.5, 0.6) is 11.5 Å². The Labute approximate surface area is 348 Å². The number of hydrogen-bond donors (Lipinski definition) is 4. The number of benzene rings is 4. The number of hydrogen-bond acceptors (Lipinski definition) is 9. The fraction of sp³-hybridized carbons (Fsp3) is 0.146. The standard InChI is InChI=1S/C23H21N3O.C9H7NO.C8H5F3O.C6H8N2.2CH4/c1-15-5-8-18(9-6-15)21(26-19-11-7-16(2)25-14-19)20-12-10-17-4-3-13-24-22(17)23(20)27;11-8-5-1-3-7-4-2-6-10-9(7)8;9-8(10,11)7-3-1-6(5-12)2-4-7;1-5-2-3-6(7)4-8-5;;/h3-14,21,26-27H,1-2H3;1-6,11H;1-5H;2-4H,7H2,1H3;2*1H4. The van der Waals surface area contributed by atoms with Crippen molar-refractivity contribution in [3.8, 4) is 11.5 Å². The van der Waals surface area contributed by atoms with Gasteiger partial charge in [-0.25, -0.2) is 0 Å². The highest BCUT2D eigenvalue weighted by atomic mass is 19.4. The summed E-state index contributed by atoms with van der Waals surface area (Å²) in [4.78, 5) is 26.8. The Balaban J connectivity index is 0.000000241. The molecule has 0 fully saturated rings. The van der Waals surface area contributed by atoms with Gasteiger partial charge in [-0.1, -0.05) is 93.2 Å². The maximum Gasteiger partial charge on any atom is 0.416 e. The molecule has 0 radical (unpaired) electrons. The number of alkyl halides is 3. The molecule has 5 N–H and O–H groups in total. The predicted molar refractivity (Wildman–Crippen MR) is 236 cm³/mol. The Hall–Kier alpha value is -7.34. The molecule has 0 saturated heterocycles. The first-order valence-electron chi connectivity index (χ1n) is 18.0. The van der Waals surface area contributed by atoms with Crippen LogP contribution in [0.4, 0.5) is 24.5 Å². The average Bonchev–Trinajstić information content (AvgIpc) is 3.23. The number of aldehydes is 1. The Morgan fingerprint density at radius 1 is 0.650 bits per heavy atom. The molecule has 1 atom stereocenters. The molecule has 4 aromatic carbocycles. The first-order valence-corrected chi connectivity index (χ1v) is 18.0. The van der Waals surface area contributed by atoms with Gasteiger partial charge in [0.15, 0.2) is 0 Å². The van der Waals surface area contributed by atoms with Gasteiger partial charge in [0, 0.05) is 45.7 Å². The van der Waals surface area contributed by atoms with Crippen LogP contribution >= 0.6 is 0 Å². The van der Waals surface area contributed by atoms with E-state index >= 15 is 0 Å². The number of carbonyl (C=O) groups excluding carboxylic acids is 1. The minimum Gasteiger partial charge on any atom is -0.506 e. The zero-order valence-corrected chi connectivity index (χ0v) is 31.9. The topological polar surface area (TPSA) is 147 Å². The highest BCUT2D eigenvalue weighted by Crippen LogP contribution is 2.36. The van der Waals surface area contributed by atoms with Gasteiger partial charge in [-0.2, -0.15) is 13.2 Å². The highest BCUT2D eigenvalue weighted by molar-refractivity contribution is 5.86. The lowest BCUT2D eigenvalue weighted by atomic mass is 9.95. The Morgan fingerprint density at radius 3 is 1.77 bits per heavy atom. The second kappa shape index (κ2) is 22.0. The molecule has 0 bridgehead atoms. The number of anilines is 2. The number of pyridine rings is 4. The number of carbonyl (C=O) groups is 1. The SMILES string of the molecule is C.C.Cc1ccc(C(Nc2ccc(C)nc2)c2ccc3cccnc3c2O)cc1.Cc1ccc(N)cn1.O=Cc1ccc(C(F)(F)F)cc1.Oc1cccc2cccnc12. The van der Waals surface area contributed by atoms with E-state index in [1.54, 1.807) is 30.7 Å². The predicted octanol–water partition coefficient (Wildman–Crippen LogP) is 11.9. The van der Waals surface area contributed by atoms with E-state index in [-0.39, 0.29) is 38.0 Å². The third-order valence-electron chi connectivity index (χ3n) is 8.64. The van der Waals surface area contributed by atoms with Crippen LogP contribution in [0.15, 0.2) is 152 Å². The van der Waals surface area contributed by atoms with E-state index in [9.17, 15) is 28.2 Å². The van der Waals surface area contributed by atoms with E-state index in [0.29, 0.717) is 17.3 Å². The number of rotatable bonds is 5. The van der Waals surface area contributed by atoms with Gasteiger partial charge in [-0.15, -0.1) is 0 Å². The van der Waals surface area contributed by atoms with Crippen LogP contribution in [-0.4, -0.2) is 36.4 Å². The van der Waals surface area contributed by atoms with E-state index in [1.165, 1.54) is 5.56 Å². The molecule has 4 aromatic heterocycles. The van der Waals surface area contributed by atoms with Gasteiger partial charge in [-0.05, 0) is 80.9 Å². The Kier molecular flexibility index (Phi) is 17.2. The van der Waals surface area contributed by atoms with Crippen LogP contribution in [0.25, 0.3) is 21.8 Å². The van der Waals surface area contributed by atoms with Crippen molar-refractivity contribution in [1.29, 1.82) is 0 Å². The van der Waals surface area contributed by atoms with Crippen LogP contribution < -0.4 is 11.1 Å². The second-order valence-corrected chi connectivity index (χ2v) is 13.1. The number of para-hydroxylation sites is 1. The molecule has 310 valence electrons. The van der Waals surface area contributed by atoms with Crippen LogP contribution in [0.1, 0.15) is 64.9 Å². The molecule has 1 unspecified atom stereocenters. The van der Waals surface area contributed by atoms with Crippen molar-refractivity contribution in [2.24, 2.45) is 0 Å². The highest BCUT2D eigenvalue weighted by Gasteiger charge is 2.29. The maximum atomic E-state index is 11.9. The van der Waals surface area contributed by atoms with Gasteiger partial charge < -0.3 is 21.3 Å². The summed E-state index contributed by atoms with van der Waals surface area (Å²) in [6, 6.07) is 36.7. The number of fused-ring (bicyclic) bond motifs is 2. The largest absolute Gasteiger partial charge is 0.506 e. The number of aromatic hydroxyl groups is 2. The average molecular weight is 815 g/mol. The van der Waals surface area contributed by atoms with E-state index in [0.717, 1.165) is 68.9 Å². The number of halogens is 3. The van der Waals surface area contributed by atoms with E-state index < -0.39 is 11.7 Å². The summed E-state index contributed by atoms with van der Waals surface area (Å²) in [6.07, 6.45) is 3.00. The number of nitrogens with one attached hydrogen (secondary N) is 1. The van der Waals surface area contributed by atoms with Crippen molar-refractivity contribution in [2.75, 3.05) is 11.1 Å². The van der Waals surface area contributed by atoms with Gasteiger partial charge in [0.25, 0.3) is 0 Å². The minimum absolute atomic E-state index is 0. The summed E-state index contributed by atoms with van der Waals surface area (Å²) < 4.78 is 35.8. The van der Waals surface area contributed by atoms with Crippen molar-refractivity contribution in [1.82, 2.24) is 19.9 Å². The van der Waals surface area contributed by atoms with Crippen molar-refractivity contribution in [2.45, 2.75) is 47.8 Å². The van der Waals surface area contributed by atoms with E-state index in [2.05, 4.69) is 56.4 Å². The number of phenols is 2. The summed E-state index contributed by atoms with van der Waals surface area (Å²) in [7, 11) is 0. The zero-order valence-electron chi connectivity index (χ0n) is 31.9. The van der Waals surface area contributed by atoms with Crippen LogP contribution in [0.3, 0.4) is 0 Å². The number of aryl methyl sites for hydroxylation is 3. The molecule has 60 heavy (non-hydrogen) atoms. The monoisotopic (exact) mass is 814 g/mol. The number of phenolic OH excluding ortho intramolecular Hbond substituents is 2. The van der Waals surface area contributed by atoms with E-state index in [4.69, 9.17) is 5.73 Å². The molecule has 0 aliphatic carbocycles. The smallest absolute Gasteiger partial charge is 0.416 e. The summed E-state index contributed by atoms with van der Waals surface area (Å²) in [5.74, 6) is 0.439. The van der Waals surface area contributed by atoms with Crippen molar-refractivity contribution in [3.05, 3.63) is 191 Å². The molecular formula is C48H49F3N6O3. The van der Waals surface area contributed by atoms with Gasteiger partial charge in [0.2, 0.25) is 0 Å². The lowest BCUT2D eigenvalue weighted by Gasteiger charge is -2.22. The molecule has 0 saturated carbocycles. The molecule has 0 amide bonds. The van der Waals surface area contributed by atoms with Crippen LogP contribution in [0, 0.1) is 20.8 Å². The Bertz CT molecular complexity index is 2520.